The number of benzene rings is 1. The van der Waals surface area contributed by atoms with Crippen molar-refractivity contribution in [2.75, 3.05) is 46.3 Å². The summed E-state index contributed by atoms with van der Waals surface area (Å²) in [6, 6.07) is 7.72. The fourth-order valence-electron chi connectivity index (χ4n) is 3.23. The second-order valence-corrected chi connectivity index (χ2v) is 6.06. The highest BCUT2D eigenvalue weighted by Crippen LogP contribution is 2.17. The molecular weight excluding hydrogens is 266 g/mol. The zero-order valence-corrected chi connectivity index (χ0v) is 12.5. The first-order valence-corrected chi connectivity index (χ1v) is 7.59. The summed E-state index contributed by atoms with van der Waals surface area (Å²) in [5.41, 5.74) is 1.55. The highest BCUT2D eigenvalue weighted by molar-refractivity contribution is 5.94. The lowest BCUT2D eigenvalue weighted by atomic mass is 10.1. The van der Waals surface area contributed by atoms with Gasteiger partial charge < -0.3 is 14.9 Å². The van der Waals surface area contributed by atoms with Crippen molar-refractivity contribution in [3.05, 3.63) is 35.4 Å². The Morgan fingerprint density at radius 2 is 1.86 bits per heavy atom. The fraction of sp³-hybridized carbons (Fsp3) is 0.562. The minimum Gasteiger partial charge on any atom is -0.392 e. The average Bonchev–Trinajstić information content (AvgIpc) is 2.53. The minimum atomic E-state index is 0.0154. The summed E-state index contributed by atoms with van der Waals surface area (Å²) in [6.07, 6.45) is 0. The molecule has 0 aromatic heterocycles. The van der Waals surface area contributed by atoms with Crippen LogP contribution in [-0.4, -0.2) is 78.1 Å². The Bertz CT molecular complexity index is 503. The molecule has 1 amide bonds. The molecule has 21 heavy (non-hydrogen) atoms. The van der Waals surface area contributed by atoms with E-state index < -0.39 is 0 Å². The monoisotopic (exact) mass is 289 g/mol. The number of carbonyl (C=O) groups is 1. The molecule has 0 saturated carbocycles. The van der Waals surface area contributed by atoms with Crippen molar-refractivity contribution < 1.29 is 9.90 Å². The van der Waals surface area contributed by atoms with Crippen molar-refractivity contribution in [1.29, 1.82) is 0 Å². The molecule has 2 saturated heterocycles. The lowest BCUT2D eigenvalue weighted by Gasteiger charge is -2.46. The number of hydrogen-bond donors (Lipinski definition) is 1. The first kappa shape index (κ1) is 14.5. The maximum atomic E-state index is 12.6. The van der Waals surface area contributed by atoms with Gasteiger partial charge in [0.15, 0.2) is 0 Å². The smallest absolute Gasteiger partial charge is 0.253 e. The second kappa shape index (κ2) is 6.13. The number of aliphatic hydroxyl groups is 1. The summed E-state index contributed by atoms with van der Waals surface area (Å²) in [5.74, 6) is 0.104. The highest BCUT2D eigenvalue weighted by Gasteiger charge is 2.32. The Morgan fingerprint density at radius 1 is 1.14 bits per heavy atom. The van der Waals surface area contributed by atoms with Gasteiger partial charge in [-0.1, -0.05) is 12.1 Å². The van der Waals surface area contributed by atoms with Crippen LogP contribution in [0.1, 0.15) is 15.9 Å². The highest BCUT2D eigenvalue weighted by atomic mass is 16.3. The lowest BCUT2D eigenvalue weighted by molar-refractivity contribution is 0.0190. The molecule has 114 valence electrons. The van der Waals surface area contributed by atoms with Gasteiger partial charge in [0, 0.05) is 50.9 Å². The van der Waals surface area contributed by atoms with Crippen LogP contribution in [-0.2, 0) is 6.61 Å². The molecule has 2 aliphatic heterocycles. The van der Waals surface area contributed by atoms with Crippen LogP contribution in [0.4, 0.5) is 0 Å². The molecule has 0 bridgehead atoms. The molecule has 2 aliphatic rings. The molecule has 0 aliphatic carbocycles. The van der Waals surface area contributed by atoms with Crippen LogP contribution in [0.5, 0.6) is 0 Å². The molecule has 0 radical (unpaired) electrons. The van der Waals surface area contributed by atoms with Crippen molar-refractivity contribution in [3.8, 4) is 0 Å². The van der Waals surface area contributed by atoms with Crippen molar-refractivity contribution in [3.63, 3.8) is 0 Å². The SMILES string of the molecule is CN1CCN2CCN(C(=O)c3ccc(CO)cc3)C[C@@H]2C1. The van der Waals surface area contributed by atoms with Crippen LogP contribution in [0.2, 0.25) is 0 Å². The van der Waals surface area contributed by atoms with Gasteiger partial charge in [0.05, 0.1) is 6.61 Å². The summed E-state index contributed by atoms with van der Waals surface area (Å²) < 4.78 is 0. The van der Waals surface area contributed by atoms with Gasteiger partial charge in [0.25, 0.3) is 5.91 Å². The van der Waals surface area contributed by atoms with Gasteiger partial charge in [-0.3, -0.25) is 9.69 Å². The van der Waals surface area contributed by atoms with Crippen LogP contribution in [0.25, 0.3) is 0 Å². The van der Waals surface area contributed by atoms with E-state index >= 15 is 0 Å². The molecule has 1 N–H and O–H groups in total. The molecule has 1 aromatic carbocycles. The second-order valence-electron chi connectivity index (χ2n) is 6.06. The molecule has 0 unspecified atom stereocenters. The van der Waals surface area contributed by atoms with E-state index in [-0.39, 0.29) is 12.5 Å². The zero-order valence-electron chi connectivity index (χ0n) is 12.5. The number of aliphatic hydroxyl groups excluding tert-OH is 1. The zero-order chi connectivity index (χ0) is 14.8. The molecule has 2 heterocycles. The number of nitrogens with zero attached hydrogens (tertiary/aromatic N) is 3. The van der Waals surface area contributed by atoms with E-state index in [9.17, 15) is 4.79 Å². The number of amides is 1. The lowest BCUT2D eigenvalue weighted by Crippen LogP contribution is -2.62. The Hall–Kier alpha value is -1.43. The first-order valence-electron chi connectivity index (χ1n) is 7.59. The van der Waals surface area contributed by atoms with E-state index in [1.807, 2.05) is 29.2 Å². The third-order valence-corrected chi connectivity index (χ3v) is 4.57. The van der Waals surface area contributed by atoms with E-state index in [0.29, 0.717) is 11.6 Å². The van der Waals surface area contributed by atoms with Gasteiger partial charge in [0.1, 0.15) is 0 Å². The summed E-state index contributed by atoms with van der Waals surface area (Å²) in [5, 5.41) is 9.06. The van der Waals surface area contributed by atoms with Crippen molar-refractivity contribution in [2.24, 2.45) is 0 Å². The topological polar surface area (TPSA) is 47.0 Å². The molecule has 1 atom stereocenters. The molecular formula is C16H23N3O2. The normalized spacial score (nSPS) is 23.9. The van der Waals surface area contributed by atoms with E-state index in [2.05, 4.69) is 16.8 Å². The third-order valence-electron chi connectivity index (χ3n) is 4.57. The Kier molecular flexibility index (Phi) is 4.24. The van der Waals surface area contributed by atoms with Gasteiger partial charge in [-0.25, -0.2) is 0 Å². The van der Waals surface area contributed by atoms with Gasteiger partial charge in [-0.05, 0) is 24.7 Å². The van der Waals surface area contributed by atoms with Gasteiger partial charge in [-0.15, -0.1) is 0 Å². The Labute approximate surface area is 125 Å². The van der Waals surface area contributed by atoms with Crippen molar-refractivity contribution in [2.45, 2.75) is 12.6 Å². The number of carbonyl (C=O) groups excluding carboxylic acids is 1. The van der Waals surface area contributed by atoms with Crippen LogP contribution in [0, 0.1) is 0 Å². The quantitative estimate of drug-likeness (QED) is 0.848. The molecule has 5 heteroatoms. The van der Waals surface area contributed by atoms with E-state index in [4.69, 9.17) is 5.11 Å². The number of likely N-dealkylation sites (N-methyl/N-ethyl adjacent to an activating group) is 1. The number of piperazine rings is 2. The van der Waals surface area contributed by atoms with E-state index in [0.717, 1.165) is 44.8 Å². The molecule has 0 spiro atoms. The van der Waals surface area contributed by atoms with Crippen molar-refractivity contribution >= 4 is 5.91 Å². The molecule has 1 aromatic rings. The predicted octanol–water partition coefficient (Wildman–Crippen LogP) is 0.251. The largest absolute Gasteiger partial charge is 0.392 e. The predicted molar refractivity (Wildman–Crippen MR) is 81.1 cm³/mol. The minimum absolute atomic E-state index is 0.0154. The summed E-state index contributed by atoms with van der Waals surface area (Å²) in [4.78, 5) is 19.4. The third kappa shape index (κ3) is 3.10. The maximum Gasteiger partial charge on any atom is 0.253 e. The number of fused-ring (bicyclic) bond motifs is 1. The van der Waals surface area contributed by atoms with E-state index in [1.54, 1.807) is 0 Å². The number of rotatable bonds is 2. The van der Waals surface area contributed by atoms with Crippen LogP contribution in [0.3, 0.4) is 0 Å². The molecule has 2 fully saturated rings. The van der Waals surface area contributed by atoms with Crippen LogP contribution in [0.15, 0.2) is 24.3 Å². The van der Waals surface area contributed by atoms with Gasteiger partial charge in [0.2, 0.25) is 0 Å². The van der Waals surface area contributed by atoms with Gasteiger partial charge in [-0.2, -0.15) is 0 Å². The molecule has 5 nitrogen and oxygen atoms in total. The Balaban J connectivity index is 1.67. The van der Waals surface area contributed by atoms with Gasteiger partial charge >= 0.3 is 0 Å². The van der Waals surface area contributed by atoms with Crippen molar-refractivity contribution in [1.82, 2.24) is 14.7 Å². The van der Waals surface area contributed by atoms with Crippen LogP contribution >= 0.6 is 0 Å². The fourth-order valence-corrected chi connectivity index (χ4v) is 3.23. The summed E-state index contributed by atoms with van der Waals surface area (Å²) in [7, 11) is 2.14. The molecule has 3 rings (SSSR count). The first-order chi connectivity index (χ1) is 10.2. The summed E-state index contributed by atoms with van der Waals surface area (Å²) in [6.45, 7) is 5.86. The Morgan fingerprint density at radius 3 is 2.57 bits per heavy atom. The number of hydrogen-bond acceptors (Lipinski definition) is 4. The average molecular weight is 289 g/mol. The van der Waals surface area contributed by atoms with Crippen LogP contribution < -0.4 is 0 Å². The van der Waals surface area contributed by atoms with E-state index in [1.165, 1.54) is 0 Å². The summed E-state index contributed by atoms with van der Waals surface area (Å²) >= 11 is 0. The standard InChI is InChI=1S/C16H23N3O2/c1-17-6-7-18-8-9-19(11-15(18)10-17)16(21)14-4-2-13(12-20)3-5-14/h2-5,15,20H,6-12H2,1H3/t15-/m0/s1. The maximum absolute atomic E-state index is 12.6.